The van der Waals surface area contributed by atoms with Gasteiger partial charge in [0.1, 0.15) is 0 Å². The van der Waals surface area contributed by atoms with Gasteiger partial charge < -0.3 is 20.4 Å². The molecule has 8 nitrogen and oxygen atoms in total. The molecule has 0 spiro atoms. The van der Waals surface area contributed by atoms with E-state index in [9.17, 15) is 4.79 Å². The Morgan fingerprint density at radius 2 is 1.59 bits per heavy atom. The van der Waals surface area contributed by atoms with E-state index in [0.29, 0.717) is 37.7 Å². The topological polar surface area (TPSA) is 85.8 Å². The molecule has 0 saturated carbocycles. The molecule has 1 aromatic heterocycles. The van der Waals surface area contributed by atoms with Gasteiger partial charge in [0, 0.05) is 61.1 Å². The number of anilines is 3. The fourth-order valence-corrected chi connectivity index (χ4v) is 5.22. The summed E-state index contributed by atoms with van der Waals surface area (Å²) in [5, 5.41) is 6.95. The highest BCUT2D eigenvalue weighted by molar-refractivity contribution is 6.00. The average molecular weight is 518 g/mol. The second-order valence-electron chi connectivity index (χ2n) is 9.72. The van der Waals surface area contributed by atoms with Crippen molar-refractivity contribution in [2.24, 2.45) is 4.99 Å². The normalized spacial score (nSPS) is 18.3. The second-order valence-corrected chi connectivity index (χ2v) is 9.72. The SMILES string of the molecule is CCc1cnc(N2CCN(C(=O)c3ccccc3NC3(c4ccccc4)N=CNc4ccccc43)CC2)nc1. The minimum absolute atomic E-state index is 0.00518. The largest absolute Gasteiger partial charge is 0.353 e. The Bertz CT molecular complexity index is 1480. The number of nitrogens with zero attached hydrogens (tertiary/aromatic N) is 5. The minimum Gasteiger partial charge on any atom is -0.353 e. The molecule has 0 radical (unpaired) electrons. The summed E-state index contributed by atoms with van der Waals surface area (Å²) in [4.78, 5) is 31.9. The number of para-hydroxylation sites is 2. The molecule has 2 aliphatic heterocycles. The zero-order valence-corrected chi connectivity index (χ0v) is 21.9. The zero-order chi connectivity index (χ0) is 26.7. The number of piperazine rings is 1. The molecule has 6 rings (SSSR count). The van der Waals surface area contributed by atoms with Crippen molar-refractivity contribution < 1.29 is 4.79 Å². The maximum absolute atomic E-state index is 13.9. The van der Waals surface area contributed by atoms with Gasteiger partial charge in [0.15, 0.2) is 5.66 Å². The molecule has 1 atom stereocenters. The lowest BCUT2D eigenvalue weighted by molar-refractivity contribution is 0.0747. The van der Waals surface area contributed by atoms with E-state index in [-0.39, 0.29) is 5.91 Å². The first kappa shape index (κ1) is 24.6. The number of carbonyl (C=O) groups excluding carboxylic acids is 1. The van der Waals surface area contributed by atoms with E-state index in [2.05, 4.69) is 50.6 Å². The Morgan fingerprint density at radius 3 is 2.36 bits per heavy atom. The van der Waals surface area contributed by atoms with Gasteiger partial charge in [-0.25, -0.2) is 15.0 Å². The predicted molar refractivity (Wildman–Crippen MR) is 155 cm³/mol. The van der Waals surface area contributed by atoms with Gasteiger partial charge in [-0.05, 0) is 30.2 Å². The Hall–Kier alpha value is -4.72. The average Bonchev–Trinajstić information content (AvgIpc) is 3.02. The summed E-state index contributed by atoms with van der Waals surface area (Å²) >= 11 is 0. The lowest BCUT2D eigenvalue weighted by Crippen LogP contribution is -2.49. The van der Waals surface area contributed by atoms with Crippen LogP contribution in [0.1, 0.15) is 34.0 Å². The summed E-state index contributed by atoms with van der Waals surface area (Å²) in [6.07, 6.45) is 6.40. The van der Waals surface area contributed by atoms with Crippen molar-refractivity contribution in [1.29, 1.82) is 0 Å². The number of aliphatic imine (C=N–C) groups is 1. The quantitative estimate of drug-likeness (QED) is 0.383. The Kier molecular flexibility index (Phi) is 6.67. The molecule has 2 aliphatic rings. The third-order valence-electron chi connectivity index (χ3n) is 7.41. The molecule has 1 unspecified atom stereocenters. The van der Waals surface area contributed by atoms with Crippen LogP contribution in [-0.2, 0) is 12.1 Å². The summed E-state index contributed by atoms with van der Waals surface area (Å²) < 4.78 is 0. The molecule has 2 N–H and O–H groups in total. The first-order valence-corrected chi connectivity index (χ1v) is 13.4. The molecule has 1 saturated heterocycles. The first-order valence-electron chi connectivity index (χ1n) is 13.4. The van der Waals surface area contributed by atoms with Gasteiger partial charge >= 0.3 is 0 Å². The number of amides is 1. The minimum atomic E-state index is -0.889. The third-order valence-corrected chi connectivity index (χ3v) is 7.41. The van der Waals surface area contributed by atoms with E-state index in [1.54, 1.807) is 6.34 Å². The maximum atomic E-state index is 13.9. The molecule has 0 bridgehead atoms. The molecule has 1 fully saturated rings. The Balaban J connectivity index is 1.27. The van der Waals surface area contributed by atoms with Crippen molar-refractivity contribution in [1.82, 2.24) is 14.9 Å². The highest BCUT2D eigenvalue weighted by atomic mass is 16.2. The van der Waals surface area contributed by atoms with Gasteiger partial charge in [-0.15, -0.1) is 0 Å². The molecule has 1 amide bonds. The van der Waals surface area contributed by atoms with E-state index in [1.165, 1.54) is 0 Å². The molecule has 3 aromatic carbocycles. The first-order chi connectivity index (χ1) is 19.2. The van der Waals surface area contributed by atoms with Crippen LogP contribution in [0.2, 0.25) is 0 Å². The van der Waals surface area contributed by atoms with Gasteiger partial charge in [0.25, 0.3) is 5.91 Å². The molecule has 39 heavy (non-hydrogen) atoms. The van der Waals surface area contributed by atoms with Crippen molar-refractivity contribution in [3.8, 4) is 0 Å². The van der Waals surface area contributed by atoms with Crippen molar-refractivity contribution in [3.63, 3.8) is 0 Å². The number of fused-ring (bicyclic) bond motifs is 1. The van der Waals surface area contributed by atoms with Crippen molar-refractivity contribution in [2.75, 3.05) is 41.7 Å². The van der Waals surface area contributed by atoms with Crippen LogP contribution >= 0.6 is 0 Å². The Labute approximate surface area is 228 Å². The molecule has 196 valence electrons. The highest BCUT2D eigenvalue weighted by Gasteiger charge is 2.38. The molecule has 8 heteroatoms. The second kappa shape index (κ2) is 10.6. The standard InChI is InChI=1S/C31H31N7O/c1-2-23-20-32-30(33-21-23)38-18-16-37(17-19-38)29(39)25-12-6-8-14-27(25)36-31(24-10-4-3-5-11-24)26-13-7-9-15-28(26)34-22-35-31/h3-15,20-22,36H,2,16-19H2,1H3,(H,34,35). The number of nitrogens with one attached hydrogen (secondary N) is 2. The summed E-state index contributed by atoms with van der Waals surface area (Å²) in [5.74, 6) is 0.711. The smallest absolute Gasteiger partial charge is 0.256 e. The lowest BCUT2D eigenvalue weighted by Gasteiger charge is -2.38. The third kappa shape index (κ3) is 4.69. The lowest BCUT2D eigenvalue weighted by atomic mass is 9.88. The highest BCUT2D eigenvalue weighted by Crippen LogP contribution is 2.41. The van der Waals surface area contributed by atoms with Crippen molar-refractivity contribution in [2.45, 2.75) is 19.0 Å². The summed E-state index contributed by atoms with van der Waals surface area (Å²) in [6, 6.07) is 26.0. The van der Waals surface area contributed by atoms with Crippen molar-refractivity contribution >= 4 is 29.6 Å². The van der Waals surface area contributed by atoms with Crippen LogP contribution in [0.4, 0.5) is 17.3 Å². The fourth-order valence-electron chi connectivity index (χ4n) is 5.22. The predicted octanol–water partition coefficient (Wildman–Crippen LogP) is 4.77. The van der Waals surface area contributed by atoms with E-state index < -0.39 is 5.66 Å². The number of hydrogen-bond acceptors (Lipinski definition) is 7. The van der Waals surface area contributed by atoms with E-state index in [0.717, 1.165) is 34.5 Å². The summed E-state index contributed by atoms with van der Waals surface area (Å²) in [5.41, 5.74) is 4.53. The molecule has 4 aromatic rings. The van der Waals surface area contributed by atoms with Gasteiger partial charge in [-0.2, -0.15) is 0 Å². The number of rotatable bonds is 6. The van der Waals surface area contributed by atoms with E-state index >= 15 is 0 Å². The van der Waals surface area contributed by atoms with Crippen LogP contribution in [-0.4, -0.2) is 53.3 Å². The van der Waals surface area contributed by atoms with Crippen LogP contribution in [0.25, 0.3) is 0 Å². The summed E-state index contributed by atoms with van der Waals surface area (Å²) in [7, 11) is 0. The maximum Gasteiger partial charge on any atom is 0.256 e. The number of hydrogen-bond donors (Lipinski definition) is 2. The van der Waals surface area contributed by atoms with Crippen LogP contribution in [0.5, 0.6) is 0 Å². The fraction of sp³-hybridized carbons (Fsp3) is 0.226. The molecular formula is C31H31N7O. The van der Waals surface area contributed by atoms with Crippen LogP contribution in [0, 0.1) is 0 Å². The summed E-state index contributed by atoms with van der Waals surface area (Å²) in [6.45, 7) is 4.66. The monoisotopic (exact) mass is 517 g/mol. The van der Waals surface area contributed by atoms with Crippen LogP contribution in [0.15, 0.2) is 96.2 Å². The molecule has 3 heterocycles. The van der Waals surface area contributed by atoms with Crippen molar-refractivity contribution in [3.05, 3.63) is 114 Å². The van der Waals surface area contributed by atoms with E-state index in [1.807, 2.05) is 78.0 Å². The van der Waals surface area contributed by atoms with Crippen LogP contribution in [0.3, 0.4) is 0 Å². The zero-order valence-electron chi connectivity index (χ0n) is 21.9. The van der Waals surface area contributed by atoms with Gasteiger partial charge in [0.05, 0.1) is 11.9 Å². The van der Waals surface area contributed by atoms with E-state index in [4.69, 9.17) is 4.99 Å². The number of carbonyl (C=O) groups is 1. The van der Waals surface area contributed by atoms with Gasteiger partial charge in [-0.1, -0.05) is 67.6 Å². The van der Waals surface area contributed by atoms with Gasteiger partial charge in [0.2, 0.25) is 5.95 Å². The number of aryl methyl sites for hydroxylation is 1. The number of benzene rings is 3. The van der Waals surface area contributed by atoms with Crippen LogP contribution < -0.4 is 15.5 Å². The molecule has 0 aliphatic carbocycles. The molecular weight excluding hydrogens is 486 g/mol. The Morgan fingerprint density at radius 1 is 0.897 bits per heavy atom. The number of aromatic nitrogens is 2. The van der Waals surface area contributed by atoms with Gasteiger partial charge in [-0.3, -0.25) is 4.79 Å².